The number of hydrogen-bond acceptors (Lipinski definition) is 4. The number of phosphoric ester groups is 1. The zero-order valence-electron chi connectivity index (χ0n) is 16.7. The lowest BCUT2D eigenvalue weighted by molar-refractivity contribution is 0.0984. The number of anilines is 2. The van der Waals surface area contributed by atoms with Crippen LogP contribution in [-0.2, 0) is 4.57 Å². The van der Waals surface area contributed by atoms with Crippen molar-refractivity contribution in [2.75, 3.05) is 23.1 Å². The first-order valence-corrected chi connectivity index (χ1v) is 11.9. The van der Waals surface area contributed by atoms with Gasteiger partial charge in [-0.25, -0.2) is 4.57 Å². The SMILES string of the molecule is Nc1ccc2[nH]c(C(=O)N3C[C@@H](CCl)c4c3cc(OP(=O)(O)O)c3ccccc43)cc2c1. The zero-order valence-corrected chi connectivity index (χ0v) is 18.3. The van der Waals surface area contributed by atoms with Crippen molar-refractivity contribution < 1.29 is 23.7 Å². The van der Waals surface area contributed by atoms with E-state index in [4.69, 9.17) is 21.9 Å². The van der Waals surface area contributed by atoms with E-state index in [0.717, 1.165) is 21.9 Å². The van der Waals surface area contributed by atoms with Gasteiger partial charge in [-0.15, -0.1) is 11.6 Å². The third kappa shape index (κ3) is 3.51. The fraction of sp³-hybridized carbons (Fsp3) is 0.136. The second-order valence-electron chi connectivity index (χ2n) is 7.73. The number of alkyl halides is 1. The van der Waals surface area contributed by atoms with Crippen LogP contribution in [0.1, 0.15) is 22.0 Å². The molecule has 0 bridgehead atoms. The Bertz CT molecular complexity index is 1430. The van der Waals surface area contributed by atoms with E-state index >= 15 is 0 Å². The number of carbonyl (C=O) groups is 1. The number of halogens is 1. The molecule has 8 nitrogen and oxygen atoms in total. The van der Waals surface area contributed by atoms with Crippen LogP contribution in [0.5, 0.6) is 5.75 Å². The number of phosphoric acid groups is 1. The molecule has 4 aromatic rings. The average molecular weight is 472 g/mol. The van der Waals surface area contributed by atoms with Crippen molar-refractivity contribution in [1.29, 1.82) is 0 Å². The molecule has 32 heavy (non-hydrogen) atoms. The molecule has 0 fully saturated rings. The Morgan fingerprint density at radius 3 is 2.66 bits per heavy atom. The van der Waals surface area contributed by atoms with E-state index in [0.29, 0.717) is 29.0 Å². The lowest BCUT2D eigenvalue weighted by Gasteiger charge is -2.19. The lowest BCUT2D eigenvalue weighted by atomic mass is 9.95. The molecular formula is C22H19ClN3O5P. The van der Waals surface area contributed by atoms with Crippen molar-refractivity contribution in [3.8, 4) is 5.75 Å². The van der Waals surface area contributed by atoms with Gasteiger partial charge < -0.3 is 20.1 Å². The van der Waals surface area contributed by atoms with E-state index in [1.165, 1.54) is 6.07 Å². The molecule has 1 aliphatic rings. The summed E-state index contributed by atoms with van der Waals surface area (Å²) in [6.45, 7) is 0.332. The van der Waals surface area contributed by atoms with Crippen LogP contribution in [0, 0.1) is 0 Å². The van der Waals surface area contributed by atoms with Gasteiger partial charge in [-0.3, -0.25) is 14.6 Å². The quantitative estimate of drug-likeness (QED) is 0.199. The third-order valence-corrected chi connectivity index (χ3v) is 6.46. The van der Waals surface area contributed by atoms with Gasteiger partial charge in [-0.05, 0) is 35.2 Å². The maximum Gasteiger partial charge on any atom is 0.524 e. The van der Waals surface area contributed by atoms with Gasteiger partial charge in [0.1, 0.15) is 11.4 Å². The van der Waals surface area contributed by atoms with E-state index in [9.17, 15) is 19.1 Å². The predicted octanol–water partition coefficient (Wildman–Crippen LogP) is 4.36. The van der Waals surface area contributed by atoms with Crippen LogP contribution in [0.3, 0.4) is 0 Å². The smallest absolute Gasteiger partial charge is 0.404 e. The van der Waals surface area contributed by atoms with Crippen molar-refractivity contribution in [2.24, 2.45) is 0 Å². The predicted molar refractivity (Wildman–Crippen MR) is 124 cm³/mol. The van der Waals surface area contributed by atoms with Crippen molar-refractivity contribution in [2.45, 2.75) is 5.92 Å². The number of amides is 1. The van der Waals surface area contributed by atoms with Gasteiger partial charge in [-0.2, -0.15) is 0 Å². The molecule has 10 heteroatoms. The first-order chi connectivity index (χ1) is 15.2. The number of hydrogen-bond donors (Lipinski definition) is 4. The van der Waals surface area contributed by atoms with Gasteiger partial charge in [0.25, 0.3) is 5.91 Å². The number of fused-ring (bicyclic) bond motifs is 4. The molecule has 1 amide bonds. The average Bonchev–Trinajstić information content (AvgIpc) is 3.33. The monoisotopic (exact) mass is 471 g/mol. The highest BCUT2D eigenvalue weighted by Crippen LogP contribution is 2.49. The molecule has 3 aromatic carbocycles. The second kappa shape index (κ2) is 7.53. The van der Waals surface area contributed by atoms with Crippen molar-refractivity contribution >= 4 is 58.4 Å². The Morgan fingerprint density at radius 1 is 1.19 bits per heavy atom. The Balaban J connectivity index is 1.66. The largest absolute Gasteiger partial charge is 0.524 e. The number of aromatic nitrogens is 1. The van der Waals surface area contributed by atoms with Crippen LogP contribution in [0.25, 0.3) is 21.7 Å². The Labute approximate surface area is 187 Å². The first-order valence-electron chi connectivity index (χ1n) is 9.82. The van der Waals surface area contributed by atoms with Crippen LogP contribution in [0.4, 0.5) is 11.4 Å². The molecule has 164 valence electrons. The Kier molecular flexibility index (Phi) is 4.91. The number of H-pyrrole nitrogens is 1. The van der Waals surface area contributed by atoms with Crippen molar-refractivity contribution in [3.63, 3.8) is 0 Å². The minimum absolute atomic E-state index is 0.00475. The molecular weight excluding hydrogens is 453 g/mol. The summed E-state index contributed by atoms with van der Waals surface area (Å²) in [6.07, 6.45) is 0. The summed E-state index contributed by atoms with van der Waals surface area (Å²) in [6, 6.07) is 15.7. The number of nitrogens with one attached hydrogen (secondary N) is 1. The van der Waals surface area contributed by atoms with E-state index in [1.54, 1.807) is 41.3 Å². The summed E-state index contributed by atoms with van der Waals surface area (Å²) >= 11 is 6.26. The normalized spacial score (nSPS) is 16.0. The van der Waals surface area contributed by atoms with E-state index in [1.807, 2.05) is 12.1 Å². The number of aromatic amines is 1. The zero-order chi connectivity index (χ0) is 22.6. The summed E-state index contributed by atoms with van der Waals surface area (Å²) in [4.78, 5) is 37.0. The molecule has 0 saturated heterocycles. The van der Waals surface area contributed by atoms with Gasteiger partial charge in [0, 0.05) is 46.4 Å². The van der Waals surface area contributed by atoms with Gasteiger partial charge in [0.15, 0.2) is 0 Å². The highest BCUT2D eigenvalue weighted by atomic mass is 35.5. The van der Waals surface area contributed by atoms with Gasteiger partial charge in [0.2, 0.25) is 0 Å². The van der Waals surface area contributed by atoms with Gasteiger partial charge >= 0.3 is 7.82 Å². The van der Waals surface area contributed by atoms with Crippen LogP contribution < -0.4 is 15.2 Å². The van der Waals surface area contributed by atoms with Crippen molar-refractivity contribution in [1.82, 2.24) is 4.98 Å². The van der Waals surface area contributed by atoms with E-state index < -0.39 is 7.82 Å². The van der Waals surface area contributed by atoms with Crippen molar-refractivity contribution in [3.05, 3.63) is 65.9 Å². The second-order valence-corrected chi connectivity index (χ2v) is 9.20. The highest BCUT2D eigenvalue weighted by Gasteiger charge is 2.36. The first kappa shape index (κ1) is 20.8. The van der Waals surface area contributed by atoms with Gasteiger partial charge in [0.05, 0.1) is 5.69 Å². The molecule has 5 rings (SSSR count). The molecule has 1 atom stereocenters. The molecule has 2 heterocycles. The molecule has 0 spiro atoms. The number of nitrogen functional groups attached to an aromatic ring is 1. The summed E-state index contributed by atoms with van der Waals surface area (Å²) in [7, 11) is -4.81. The summed E-state index contributed by atoms with van der Waals surface area (Å²) in [5.41, 5.74) is 8.96. The topological polar surface area (TPSA) is 129 Å². The molecule has 0 radical (unpaired) electrons. The number of nitrogens with zero attached hydrogens (tertiary/aromatic N) is 1. The van der Waals surface area contributed by atoms with Crippen LogP contribution >= 0.6 is 19.4 Å². The molecule has 0 aliphatic carbocycles. The molecule has 0 unspecified atom stereocenters. The maximum atomic E-state index is 13.5. The minimum Gasteiger partial charge on any atom is -0.404 e. The van der Waals surface area contributed by atoms with Crippen LogP contribution in [-0.4, -0.2) is 33.1 Å². The number of rotatable bonds is 4. The molecule has 0 saturated carbocycles. The highest BCUT2D eigenvalue weighted by molar-refractivity contribution is 7.46. The fourth-order valence-corrected chi connectivity index (χ4v) is 5.01. The lowest BCUT2D eigenvalue weighted by Crippen LogP contribution is -2.30. The molecule has 1 aliphatic heterocycles. The molecule has 1 aromatic heterocycles. The number of nitrogens with two attached hydrogens (primary N) is 1. The summed E-state index contributed by atoms with van der Waals surface area (Å²) in [5.74, 6) is -0.149. The van der Waals surface area contributed by atoms with E-state index in [-0.39, 0.29) is 23.5 Å². The number of benzene rings is 3. The third-order valence-electron chi connectivity index (χ3n) is 5.65. The standard InChI is InChI=1S/C22H19ClN3O5P/c23-10-13-11-26(22(27)18-8-12-7-14(24)5-6-17(12)25-18)19-9-20(31-32(28,29)30)15-3-1-2-4-16(15)21(13)19/h1-9,13,25H,10-11,24H2,(H2,28,29,30)/t13-/m1/s1. The maximum absolute atomic E-state index is 13.5. The molecule has 5 N–H and O–H groups in total. The van der Waals surface area contributed by atoms with Crippen LogP contribution in [0.2, 0.25) is 0 Å². The van der Waals surface area contributed by atoms with Crippen LogP contribution in [0.15, 0.2) is 54.6 Å². The minimum atomic E-state index is -4.81. The number of carbonyl (C=O) groups excluding carboxylic acids is 1. The summed E-state index contributed by atoms with van der Waals surface area (Å²) < 4.78 is 16.6. The summed E-state index contributed by atoms with van der Waals surface area (Å²) in [5, 5.41) is 2.09. The Hall–Kier alpha value is -3.03. The fourth-order valence-electron chi connectivity index (χ4n) is 4.35. The van der Waals surface area contributed by atoms with E-state index in [2.05, 4.69) is 4.98 Å². The Morgan fingerprint density at radius 2 is 1.94 bits per heavy atom. The van der Waals surface area contributed by atoms with Gasteiger partial charge in [-0.1, -0.05) is 24.3 Å².